The molecule has 0 radical (unpaired) electrons. The largest absolute Gasteiger partial charge is 0.349 e. The summed E-state index contributed by atoms with van der Waals surface area (Å²) in [5.41, 5.74) is 2.04. The molecule has 2 N–H and O–H groups in total. The van der Waals surface area contributed by atoms with Gasteiger partial charge in [-0.3, -0.25) is 0 Å². The average molecular weight is 326 g/mol. The summed E-state index contributed by atoms with van der Waals surface area (Å²) < 4.78 is 1.29. The average Bonchev–Trinajstić information content (AvgIpc) is 2.98. The second-order valence-electron chi connectivity index (χ2n) is 6.39. The number of aryl methyl sites for hydroxylation is 1. The van der Waals surface area contributed by atoms with Gasteiger partial charge < -0.3 is 10.6 Å². The Morgan fingerprint density at radius 2 is 2.04 bits per heavy atom. The van der Waals surface area contributed by atoms with Crippen molar-refractivity contribution in [3.8, 4) is 0 Å². The van der Waals surface area contributed by atoms with Crippen molar-refractivity contribution in [3.05, 3.63) is 41.4 Å². The minimum absolute atomic E-state index is 0.0257. The first-order valence-corrected chi connectivity index (χ1v) is 8.71. The van der Waals surface area contributed by atoms with Gasteiger partial charge >= 0.3 is 0 Å². The quantitative estimate of drug-likeness (QED) is 0.664. The highest BCUT2D eigenvalue weighted by Crippen LogP contribution is 2.27. The van der Waals surface area contributed by atoms with Crippen molar-refractivity contribution in [1.29, 1.82) is 0 Å². The third-order valence-electron chi connectivity index (χ3n) is 4.02. The molecule has 0 aliphatic carbocycles. The van der Waals surface area contributed by atoms with Gasteiger partial charge in [0.2, 0.25) is 5.95 Å². The maximum absolute atomic E-state index is 4.64. The monoisotopic (exact) mass is 326 g/mol. The molecule has 3 rings (SSSR count). The van der Waals surface area contributed by atoms with Gasteiger partial charge in [0.1, 0.15) is 5.82 Å². The molecule has 0 saturated carbocycles. The van der Waals surface area contributed by atoms with Crippen LogP contribution >= 0.6 is 11.3 Å². The first-order valence-electron chi connectivity index (χ1n) is 7.83. The summed E-state index contributed by atoms with van der Waals surface area (Å²) in [6.07, 6.45) is 2.86. The van der Waals surface area contributed by atoms with E-state index in [1.165, 1.54) is 10.1 Å². The summed E-state index contributed by atoms with van der Waals surface area (Å²) >= 11 is 1.75. The van der Waals surface area contributed by atoms with E-state index in [1.54, 1.807) is 11.3 Å². The van der Waals surface area contributed by atoms with Crippen LogP contribution in [-0.4, -0.2) is 15.5 Å². The predicted octanol–water partition coefficient (Wildman–Crippen LogP) is 5.34. The van der Waals surface area contributed by atoms with Gasteiger partial charge in [-0.25, -0.2) is 4.98 Å². The van der Waals surface area contributed by atoms with Crippen LogP contribution in [0.1, 0.15) is 32.8 Å². The summed E-state index contributed by atoms with van der Waals surface area (Å²) in [6.45, 7) is 8.46. The number of thiophene rings is 1. The molecule has 2 heterocycles. The molecule has 1 aromatic carbocycles. The number of anilines is 3. The van der Waals surface area contributed by atoms with Crippen molar-refractivity contribution < 1.29 is 0 Å². The Kier molecular flexibility index (Phi) is 4.22. The lowest BCUT2D eigenvalue weighted by Gasteiger charge is -2.24. The van der Waals surface area contributed by atoms with Crippen LogP contribution in [0.25, 0.3) is 10.1 Å². The number of nitrogens with one attached hydrogen (secondary N) is 2. The lowest BCUT2D eigenvalue weighted by Crippen LogP contribution is -2.30. The van der Waals surface area contributed by atoms with Gasteiger partial charge in [0.25, 0.3) is 0 Å². The summed E-state index contributed by atoms with van der Waals surface area (Å²) in [5.74, 6) is 1.49. The molecule has 4 nitrogen and oxygen atoms in total. The Hall–Kier alpha value is -2.14. The van der Waals surface area contributed by atoms with E-state index in [0.717, 1.165) is 23.5 Å². The van der Waals surface area contributed by atoms with Crippen LogP contribution < -0.4 is 10.6 Å². The topological polar surface area (TPSA) is 49.8 Å². The van der Waals surface area contributed by atoms with Gasteiger partial charge in [-0.15, -0.1) is 11.3 Å². The number of hydrogen-bond donors (Lipinski definition) is 2. The lowest BCUT2D eigenvalue weighted by molar-refractivity contribution is 0.542. The van der Waals surface area contributed by atoms with E-state index in [4.69, 9.17) is 0 Å². The number of aromatic nitrogens is 2. The van der Waals surface area contributed by atoms with Gasteiger partial charge in [0.05, 0.1) is 0 Å². The molecule has 0 fully saturated rings. The van der Waals surface area contributed by atoms with Crippen LogP contribution in [0.3, 0.4) is 0 Å². The van der Waals surface area contributed by atoms with Gasteiger partial charge in [-0.2, -0.15) is 4.98 Å². The van der Waals surface area contributed by atoms with Gasteiger partial charge in [-0.1, -0.05) is 6.92 Å². The Labute approximate surface area is 141 Å². The molecule has 0 aliphatic rings. The first-order chi connectivity index (χ1) is 11.0. The molecule has 0 spiro atoms. The Morgan fingerprint density at radius 3 is 2.83 bits per heavy atom. The standard InChI is InChI=1S/C18H22N4S/c1-5-18(3,4)22-17-19-11-12(2)16(21-17)20-14-6-7-15-13(10-14)8-9-23-15/h6-11H,5H2,1-4H3,(H2,19,20,21,22). The molecule has 23 heavy (non-hydrogen) atoms. The summed E-state index contributed by atoms with van der Waals surface area (Å²) in [6, 6.07) is 8.51. The van der Waals surface area contributed by atoms with E-state index in [0.29, 0.717) is 5.95 Å². The Morgan fingerprint density at radius 1 is 1.22 bits per heavy atom. The van der Waals surface area contributed by atoms with Crippen LogP contribution in [0.2, 0.25) is 0 Å². The van der Waals surface area contributed by atoms with E-state index < -0.39 is 0 Å². The Bertz CT molecular complexity index is 823. The summed E-state index contributed by atoms with van der Waals surface area (Å²) in [7, 11) is 0. The highest BCUT2D eigenvalue weighted by atomic mass is 32.1. The van der Waals surface area contributed by atoms with E-state index in [9.17, 15) is 0 Å². The van der Waals surface area contributed by atoms with Crippen LogP contribution in [0.4, 0.5) is 17.5 Å². The van der Waals surface area contributed by atoms with E-state index in [-0.39, 0.29) is 5.54 Å². The smallest absolute Gasteiger partial charge is 0.225 e. The zero-order chi connectivity index (χ0) is 16.4. The van der Waals surface area contributed by atoms with Crippen molar-refractivity contribution >= 4 is 38.9 Å². The molecule has 0 bridgehead atoms. The molecule has 2 aromatic heterocycles. The molecule has 5 heteroatoms. The van der Waals surface area contributed by atoms with E-state index in [2.05, 4.69) is 71.0 Å². The number of rotatable bonds is 5. The zero-order valence-corrected chi connectivity index (χ0v) is 14.8. The molecule has 0 aliphatic heterocycles. The third-order valence-corrected chi connectivity index (χ3v) is 4.92. The number of nitrogens with zero attached hydrogens (tertiary/aromatic N) is 2. The fourth-order valence-electron chi connectivity index (χ4n) is 2.20. The zero-order valence-electron chi connectivity index (χ0n) is 14.0. The van der Waals surface area contributed by atoms with Gasteiger partial charge in [0, 0.05) is 27.7 Å². The van der Waals surface area contributed by atoms with Crippen molar-refractivity contribution in [2.24, 2.45) is 0 Å². The normalized spacial score (nSPS) is 11.7. The minimum atomic E-state index is -0.0257. The number of fused-ring (bicyclic) bond motifs is 1. The molecular formula is C18H22N4S. The number of hydrogen-bond acceptors (Lipinski definition) is 5. The molecule has 0 amide bonds. The predicted molar refractivity (Wildman–Crippen MR) is 99.9 cm³/mol. The Balaban J connectivity index is 1.86. The van der Waals surface area contributed by atoms with Crippen molar-refractivity contribution in [1.82, 2.24) is 9.97 Å². The maximum Gasteiger partial charge on any atom is 0.225 e. The lowest BCUT2D eigenvalue weighted by atomic mass is 10.0. The molecular weight excluding hydrogens is 304 g/mol. The van der Waals surface area contributed by atoms with Crippen LogP contribution in [0.5, 0.6) is 0 Å². The molecule has 0 saturated heterocycles. The van der Waals surface area contributed by atoms with Gasteiger partial charge in [-0.05, 0) is 62.2 Å². The van der Waals surface area contributed by atoms with Crippen molar-refractivity contribution in [2.45, 2.75) is 39.7 Å². The second kappa shape index (κ2) is 6.16. The molecule has 0 atom stereocenters. The van der Waals surface area contributed by atoms with E-state index >= 15 is 0 Å². The second-order valence-corrected chi connectivity index (χ2v) is 7.33. The number of benzene rings is 1. The van der Waals surface area contributed by atoms with Crippen LogP contribution in [0.15, 0.2) is 35.8 Å². The molecule has 120 valence electrons. The maximum atomic E-state index is 4.64. The van der Waals surface area contributed by atoms with Crippen LogP contribution in [-0.2, 0) is 0 Å². The summed E-state index contributed by atoms with van der Waals surface area (Å²) in [5, 5.41) is 10.2. The SMILES string of the molecule is CCC(C)(C)Nc1ncc(C)c(Nc2ccc3sccc3c2)n1. The highest BCUT2D eigenvalue weighted by Gasteiger charge is 2.16. The highest BCUT2D eigenvalue weighted by molar-refractivity contribution is 7.17. The van der Waals surface area contributed by atoms with Crippen LogP contribution in [0, 0.1) is 6.92 Å². The molecule has 0 unspecified atom stereocenters. The first kappa shape index (κ1) is 15.7. The molecule has 3 aromatic rings. The minimum Gasteiger partial charge on any atom is -0.349 e. The van der Waals surface area contributed by atoms with Gasteiger partial charge in [0.15, 0.2) is 0 Å². The van der Waals surface area contributed by atoms with Crippen molar-refractivity contribution in [3.63, 3.8) is 0 Å². The fourth-order valence-corrected chi connectivity index (χ4v) is 2.97. The van der Waals surface area contributed by atoms with Crippen molar-refractivity contribution in [2.75, 3.05) is 10.6 Å². The fraction of sp³-hybridized carbons (Fsp3) is 0.333. The summed E-state index contributed by atoms with van der Waals surface area (Å²) in [4.78, 5) is 9.03. The van der Waals surface area contributed by atoms with E-state index in [1.807, 2.05) is 13.1 Å². The third kappa shape index (κ3) is 3.62.